The van der Waals surface area contributed by atoms with Crippen molar-refractivity contribution in [3.05, 3.63) is 81.5 Å². The molecule has 0 aliphatic rings. The van der Waals surface area contributed by atoms with Gasteiger partial charge in [0.25, 0.3) is 5.56 Å². The van der Waals surface area contributed by atoms with Crippen molar-refractivity contribution in [3.8, 4) is 5.69 Å². The van der Waals surface area contributed by atoms with Gasteiger partial charge in [0.15, 0.2) is 5.16 Å². The average Bonchev–Trinajstić information content (AvgIpc) is 3.26. The van der Waals surface area contributed by atoms with Crippen LogP contribution >= 0.6 is 23.1 Å². The number of fused-ring (bicyclic) bond motifs is 1. The van der Waals surface area contributed by atoms with Gasteiger partial charge < -0.3 is 10.1 Å². The van der Waals surface area contributed by atoms with Crippen LogP contribution in [0.4, 0.5) is 14.5 Å². The molecule has 7 nitrogen and oxygen atoms in total. The van der Waals surface area contributed by atoms with Gasteiger partial charge in [-0.05, 0) is 47.8 Å². The molecule has 4 rings (SSSR count). The highest BCUT2D eigenvalue weighted by atomic mass is 32.2. The van der Waals surface area contributed by atoms with E-state index in [2.05, 4.69) is 15.0 Å². The number of thioether (sulfide) groups is 1. The number of carbonyl (C=O) groups excluding carboxylic acids is 2. The van der Waals surface area contributed by atoms with Crippen LogP contribution in [0.3, 0.4) is 0 Å². The highest BCUT2D eigenvalue weighted by Gasteiger charge is 2.17. The number of hydrogen-bond donors (Lipinski definition) is 1. The maximum Gasteiger partial charge on any atom is 0.337 e. The Morgan fingerprint density at radius 2 is 1.82 bits per heavy atom. The van der Waals surface area contributed by atoms with Crippen LogP contribution in [0, 0.1) is 11.6 Å². The fourth-order valence-corrected chi connectivity index (χ4v) is 4.59. The zero-order valence-electron chi connectivity index (χ0n) is 17.0. The Bertz CT molecular complexity index is 1400. The van der Waals surface area contributed by atoms with Crippen molar-refractivity contribution < 1.29 is 23.1 Å². The molecule has 4 aromatic rings. The van der Waals surface area contributed by atoms with Gasteiger partial charge in [0.05, 0.1) is 29.6 Å². The highest BCUT2D eigenvalue weighted by Crippen LogP contribution is 2.24. The van der Waals surface area contributed by atoms with Crippen molar-refractivity contribution in [2.45, 2.75) is 5.16 Å². The Morgan fingerprint density at radius 3 is 2.48 bits per heavy atom. The Kier molecular flexibility index (Phi) is 6.52. The molecule has 0 spiro atoms. The second-order valence-corrected chi connectivity index (χ2v) is 8.56. The topological polar surface area (TPSA) is 90.3 Å². The van der Waals surface area contributed by atoms with E-state index < -0.39 is 29.1 Å². The summed E-state index contributed by atoms with van der Waals surface area (Å²) in [5, 5.41) is 4.48. The van der Waals surface area contributed by atoms with Crippen molar-refractivity contribution in [3.63, 3.8) is 0 Å². The predicted octanol–water partition coefficient (Wildman–Crippen LogP) is 4.24. The maximum absolute atomic E-state index is 13.8. The van der Waals surface area contributed by atoms with Crippen LogP contribution in [0.5, 0.6) is 0 Å². The molecule has 0 atom stereocenters. The molecule has 1 amide bonds. The van der Waals surface area contributed by atoms with Gasteiger partial charge >= 0.3 is 5.97 Å². The van der Waals surface area contributed by atoms with Crippen LogP contribution < -0.4 is 10.9 Å². The quantitative estimate of drug-likeness (QED) is 0.249. The lowest BCUT2D eigenvalue weighted by molar-refractivity contribution is -0.113. The number of carbonyl (C=O) groups is 2. The van der Waals surface area contributed by atoms with Crippen LogP contribution in [0.25, 0.3) is 15.9 Å². The summed E-state index contributed by atoms with van der Waals surface area (Å²) in [7, 11) is 1.27. The number of esters is 1. The molecule has 168 valence electrons. The predicted molar refractivity (Wildman–Crippen MR) is 122 cm³/mol. The number of aromatic nitrogens is 2. The molecule has 1 N–H and O–H groups in total. The van der Waals surface area contributed by atoms with Crippen LogP contribution in [0.2, 0.25) is 0 Å². The summed E-state index contributed by atoms with van der Waals surface area (Å²) in [6, 6.07) is 10.5. The molecule has 2 aromatic heterocycles. The maximum atomic E-state index is 13.8. The summed E-state index contributed by atoms with van der Waals surface area (Å²) < 4.78 is 33.7. The van der Waals surface area contributed by atoms with Crippen LogP contribution in [-0.4, -0.2) is 34.3 Å². The second-order valence-electron chi connectivity index (χ2n) is 6.70. The molecule has 0 saturated heterocycles. The minimum absolute atomic E-state index is 0.0263. The second kappa shape index (κ2) is 9.51. The number of nitrogens with zero attached hydrogens (tertiary/aromatic N) is 2. The number of ether oxygens (including phenoxy) is 1. The SMILES string of the molecule is COC(=O)c1ccc(NC(=O)CSc2nc3ccsc3c(=O)n2-c2cc(F)cc(F)c2)cc1. The van der Waals surface area contributed by atoms with E-state index in [9.17, 15) is 23.2 Å². The van der Waals surface area contributed by atoms with Crippen molar-refractivity contribution in [1.29, 1.82) is 0 Å². The number of nitrogens with one attached hydrogen (secondary N) is 1. The van der Waals surface area contributed by atoms with Gasteiger partial charge in [0, 0.05) is 11.8 Å². The highest BCUT2D eigenvalue weighted by molar-refractivity contribution is 7.99. The first-order valence-electron chi connectivity index (χ1n) is 9.43. The summed E-state index contributed by atoms with van der Waals surface area (Å²) >= 11 is 2.12. The number of thiophene rings is 1. The van der Waals surface area contributed by atoms with Gasteiger partial charge in [-0.1, -0.05) is 11.8 Å². The minimum atomic E-state index is -0.840. The van der Waals surface area contributed by atoms with Gasteiger partial charge in [-0.25, -0.2) is 18.6 Å². The van der Waals surface area contributed by atoms with E-state index >= 15 is 0 Å². The molecular formula is C22H15F2N3O4S2. The van der Waals surface area contributed by atoms with Gasteiger partial charge in [0.2, 0.25) is 5.91 Å². The van der Waals surface area contributed by atoms with Gasteiger partial charge in [0.1, 0.15) is 16.3 Å². The van der Waals surface area contributed by atoms with E-state index in [0.29, 0.717) is 27.5 Å². The molecule has 0 aliphatic carbocycles. The third-order valence-corrected chi connectivity index (χ3v) is 6.31. The van der Waals surface area contributed by atoms with E-state index in [1.807, 2.05) is 0 Å². The summed E-state index contributed by atoms with van der Waals surface area (Å²) in [6.07, 6.45) is 0. The Balaban J connectivity index is 1.59. The van der Waals surface area contributed by atoms with Crippen LogP contribution in [0.1, 0.15) is 10.4 Å². The summed E-state index contributed by atoms with van der Waals surface area (Å²) in [6.45, 7) is 0. The largest absolute Gasteiger partial charge is 0.465 e. The molecular weight excluding hydrogens is 472 g/mol. The van der Waals surface area contributed by atoms with Crippen LogP contribution in [0.15, 0.2) is 63.9 Å². The van der Waals surface area contributed by atoms with E-state index in [-0.39, 0.29) is 16.6 Å². The first kappa shape index (κ1) is 22.6. The zero-order chi connectivity index (χ0) is 23.5. The lowest BCUT2D eigenvalue weighted by Gasteiger charge is -2.12. The first-order valence-corrected chi connectivity index (χ1v) is 11.3. The van der Waals surface area contributed by atoms with Crippen molar-refractivity contribution in [2.24, 2.45) is 0 Å². The van der Waals surface area contributed by atoms with Gasteiger partial charge in [-0.15, -0.1) is 11.3 Å². The van der Waals surface area contributed by atoms with E-state index in [1.165, 1.54) is 30.6 Å². The minimum Gasteiger partial charge on any atom is -0.465 e. The zero-order valence-corrected chi connectivity index (χ0v) is 18.6. The summed E-state index contributed by atoms with van der Waals surface area (Å²) in [5.41, 5.74) is 0.714. The number of benzene rings is 2. The lowest BCUT2D eigenvalue weighted by atomic mass is 10.2. The van der Waals surface area contributed by atoms with Gasteiger partial charge in [-0.3, -0.25) is 14.2 Å². The average molecular weight is 488 g/mol. The third-order valence-electron chi connectivity index (χ3n) is 4.48. The molecule has 11 heteroatoms. The fraction of sp³-hybridized carbons (Fsp3) is 0.0909. The van der Waals surface area contributed by atoms with Crippen molar-refractivity contribution in [1.82, 2.24) is 9.55 Å². The molecule has 0 fully saturated rings. The molecule has 0 unspecified atom stereocenters. The summed E-state index contributed by atoms with van der Waals surface area (Å²) in [4.78, 5) is 41.4. The van der Waals surface area contributed by atoms with Crippen molar-refractivity contribution >= 4 is 50.9 Å². The van der Waals surface area contributed by atoms with E-state index in [0.717, 1.165) is 28.5 Å². The standard InChI is InChI=1S/C22H15F2N3O4S2/c1-31-21(30)12-2-4-15(5-3-12)25-18(28)11-33-22-26-17-6-7-32-19(17)20(29)27(22)16-9-13(23)8-14(24)10-16/h2-10H,11H2,1H3,(H,25,28). The molecule has 0 saturated carbocycles. The normalized spacial score (nSPS) is 10.9. The molecule has 0 bridgehead atoms. The molecule has 0 radical (unpaired) electrons. The number of rotatable bonds is 6. The first-order chi connectivity index (χ1) is 15.9. The number of methoxy groups -OCH3 is 1. The monoisotopic (exact) mass is 487 g/mol. The van der Waals surface area contributed by atoms with E-state index in [1.54, 1.807) is 23.6 Å². The molecule has 33 heavy (non-hydrogen) atoms. The number of halogens is 2. The van der Waals surface area contributed by atoms with E-state index in [4.69, 9.17) is 0 Å². The fourth-order valence-electron chi connectivity index (χ4n) is 3.02. The van der Waals surface area contributed by atoms with Crippen molar-refractivity contribution in [2.75, 3.05) is 18.2 Å². The number of anilines is 1. The Morgan fingerprint density at radius 1 is 1.12 bits per heavy atom. The molecule has 2 heterocycles. The Hall–Kier alpha value is -3.57. The van der Waals surface area contributed by atoms with Crippen LogP contribution in [-0.2, 0) is 9.53 Å². The Labute approximate surface area is 194 Å². The summed E-state index contributed by atoms with van der Waals surface area (Å²) in [5.74, 6) is -2.70. The van der Waals surface area contributed by atoms with Gasteiger partial charge in [-0.2, -0.15) is 0 Å². The molecule has 2 aromatic carbocycles. The lowest BCUT2D eigenvalue weighted by Crippen LogP contribution is -2.22. The smallest absolute Gasteiger partial charge is 0.337 e. The number of hydrogen-bond acceptors (Lipinski definition) is 7. The molecule has 0 aliphatic heterocycles. The number of amides is 1. The third kappa shape index (κ3) is 4.94.